The number of hydrogen-bond acceptors (Lipinski definition) is 1. The van der Waals surface area contributed by atoms with Gasteiger partial charge in [0.25, 0.3) is 0 Å². The Hall–Kier alpha value is -0.850. The van der Waals surface area contributed by atoms with Crippen molar-refractivity contribution in [1.29, 1.82) is 0 Å². The van der Waals surface area contributed by atoms with E-state index in [-0.39, 0.29) is 5.78 Å². The standard InChI is InChI=1S/C8H10O/c1-2-3-7-4-5-8(9)6-7/h2,6H,1,3-5H2. The predicted molar refractivity (Wildman–Crippen MR) is 37.1 cm³/mol. The van der Waals surface area contributed by atoms with Gasteiger partial charge in [0.1, 0.15) is 0 Å². The first kappa shape index (κ1) is 6.27. The molecule has 0 N–H and O–H groups in total. The zero-order valence-corrected chi connectivity index (χ0v) is 5.39. The molecule has 1 aliphatic rings. The minimum atomic E-state index is 0.270. The van der Waals surface area contributed by atoms with Gasteiger partial charge in [0.2, 0.25) is 0 Å². The molecule has 9 heavy (non-hydrogen) atoms. The van der Waals surface area contributed by atoms with Gasteiger partial charge in [0.05, 0.1) is 0 Å². The van der Waals surface area contributed by atoms with Gasteiger partial charge in [-0.25, -0.2) is 0 Å². The fourth-order valence-corrected chi connectivity index (χ4v) is 1.00. The fraction of sp³-hybridized carbons (Fsp3) is 0.375. The van der Waals surface area contributed by atoms with E-state index in [0.29, 0.717) is 6.42 Å². The Balaban J connectivity index is 2.51. The molecule has 1 rings (SSSR count). The zero-order chi connectivity index (χ0) is 6.69. The SMILES string of the molecule is C=CCC1=CC(=O)CC1. The molecule has 0 unspecified atom stereocenters. The van der Waals surface area contributed by atoms with Crippen LogP contribution < -0.4 is 0 Å². The average Bonchev–Trinajstić information content (AvgIpc) is 2.17. The van der Waals surface area contributed by atoms with Crippen molar-refractivity contribution in [2.45, 2.75) is 19.3 Å². The third kappa shape index (κ3) is 1.53. The summed E-state index contributed by atoms with van der Waals surface area (Å²) in [5.41, 5.74) is 1.23. The third-order valence-corrected chi connectivity index (χ3v) is 1.46. The number of allylic oxidation sites excluding steroid dienone is 3. The molecule has 0 aliphatic heterocycles. The Kier molecular flexibility index (Phi) is 1.83. The van der Waals surface area contributed by atoms with Crippen LogP contribution in [0, 0.1) is 0 Å². The van der Waals surface area contributed by atoms with E-state index in [1.807, 2.05) is 6.08 Å². The van der Waals surface area contributed by atoms with E-state index in [2.05, 4.69) is 6.58 Å². The largest absolute Gasteiger partial charge is 0.295 e. The highest BCUT2D eigenvalue weighted by Crippen LogP contribution is 2.17. The zero-order valence-electron chi connectivity index (χ0n) is 5.39. The van der Waals surface area contributed by atoms with Gasteiger partial charge < -0.3 is 0 Å². The van der Waals surface area contributed by atoms with E-state index in [0.717, 1.165) is 12.8 Å². The molecule has 0 spiro atoms. The van der Waals surface area contributed by atoms with E-state index in [1.165, 1.54) is 5.57 Å². The maximum absolute atomic E-state index is 10.6. The number of hydrogen-bond donors (Lipinski definition) is 0. The van der Waals surface area contributed by atoms with Crippen LogP contribution in [-0.4, -0.2) is 5.78 Å². The summed E-state index contributed by atoms with van der Waals surface area (Å²) < 4.78 is 0. The Morgan fingerprint density at radius 1 is 1.67 bits per heavy atom. The van der Waals surface area contributed by atoms with E-state index in [4.69, 9.17) is 0 Å². The highest BCUT2D eigenvalue weighted by Gasteiger charge is 2.09. The Bertz CT molecular complexity index is 165. The second kappa shape index (κ2) is 2.62. The van der Waals surface area contributed by atoms with Gasteiger partial charge in [-0.2, -0.15) is 0 Å². The van der Waals surface area contributed by atoms with Crippen LogP contribution in [0.5, 0.6) is 0 Å². The minimum Gasteiger partial charge on any atom is -0.295 e. The summed E-state index contributed by atoms with van der Waals surface area (Å²) in [6, 6.07) is 0. The van der Waals surface area contributed by atoms with Crippen molar-refractivity contribution in [3.8, 4) is 0 Å². The van der Waals surface area contributed by atoms with Gasteiger partial charge in [-0.05, 0) is 18.9 Å². The lowest BCUT2D eigenvalue weighted by Crippen LogP contribution is -1.80. The molecule has 0 fully saturated rings. The van der Waals surface area contributed by atoms with Gasteiger partial charge >= 0.3 is 0 Å². The van der Waals surface area contributed by atoms with Crippen LogP contribution in [-0.2, 0) is 4.79 Å². The lowest BCUT2D eigenvalue weighted by atomic mass is 10.2. The Morgan fingerprint density at radius 3 is 2.89 bits per heavy atom. The van der Waals surface area contributed by atoms with Crippen molar-refractivity contribution < 1.29 is 4.79 Å². The summed E-state index contributed by atoms with van der Waals surface area (Å²) in [6.45, 7) is 3.60. The lowest BCUT2D eigenvalue weighted by molar-refractivity contribution is -0.114. The van der Waals surface area contributed by atoms with Crippen LogP contribution in [0.25, 0.3) is 0 Å². The maximum atomic E-state index is 10.6. The summed E-state index contributed by atoms with van der Waals surface area (Å²) in [5.74, 6) is 0.270. The van der Waals surface area contributed by atoms with Crippen LogP contribution in [0.3, 0.4) is 0 Å². The molecule has 0 radical (unpaired) electrons. The second-order valence-corrected chi connectivity index (χ2v) is 2.26. The Morgan fingerprint density at radius 2 is 2.44 bits per heavy atom. The monoisotopic (exact) mass is 122 g/mol. The molecule has 0 heterocycles. The molecule has 1 nitrogen and oxygen atoms in total. The number of rotatable bonds is 2. The summed E-state index contributed by atoms with van der Waals surface area (Å²) in [5, 5.41) is 0. The molecule has 1 aliphatic carbocycles. The van der Waals surface area contributed by atoms with Crippen LogP contribution >= 0.6 is 0 Å². The molecule has 0 amide bonds. The van der Waals surface area contributed by atoms with Crippen molar-refractivity contribution >= 4 is 5.78 Å². The van der Waals surface area contributed by atoms with Crippen molar-refractivity contribution in [2.75, 3.05) is 0 Å². The quantitative estimate of drug-likeness (QED) is 0.511. The van der Waals surface area contributed by atoms with Crippen LogP contribution in [0.4, 0.5) is 0 Å². The molecular formula is C8H10O. The molecule has 0 aromatic rings. The molecule has 0 bridgehead atoms. The van der Waals surface area contributed by atoms with E-state index < -0.39 is 0 Å². The first-order chi connectivity index (χ1) is 4.33. The normalized spacial score (nSPS) is 17.8. The third-order valence-electron chi connectivity index (χ3n) is 1.46. The van der Waals surface area contributed by atoms with Crippen LogP contribution in [0.15, 0.2) is 24.3 Å². The Labute approximate surface area is 55.1 Å². The van der Waals surface area contributed by atoms with Gasteiger partial charge in [-0.1, -0.05) is 11.6 Å². The lowest BCUT2D eigenvalue weighted by Gasteiger charge is -1.89. The number of ketones is 1. The highest BCUT2D eigenvalue weighted by atomic mass is 16.1. The molecule has 0 aromatic heterocycles. The minimum absolute atomic E-state index is 0.270. The van der Waals surface area contributed by atoms with Crippen LogP contribution in [0.1, 0.15) is 19.3 Å². The van der Waals surface area contributed by atoms with Crippen molar-refractivity contribution in [2.24, 2.45) is 0 Å². The molecular weight excluding hydrogens is 112 g/mol. The van der Waals surface area contributed by atoms with Crippen LogP contribution in [0.2, 0.25) is 0 Å². The number of carbonyl (C=O) groups excluding carboxylic acids is 1. The molecule has 0 atom stereocenters. The molecule has 0 aromatic carbocycles. The molecule has 1 heteroatoms. The fourth-order valence-electron chi connectivity index (χ4n) is 1.00. The second-order valence-electron chi connectivity index (χ2n) is 2.26. The predicted octanol–water partition coefficient (Wildman–Crippen LogP) is 1.85. The first-order valence-corrected chi connectivity index (χ1v) is 3.16. The van der Waals surface area contributed by atoms with E-state index >= 15 is 0 Å². The van der Waals surface area contributed by atoms with Crippen molar-refractivity contribution in [1.82, 2.24) is 0 Å². The summed E-state index contributed by atoms with van der Waals surface area (Å²) in [7, 11) is 0. The van der Waals surface area contributed by atoms with E-state index in [9.17, 15) is 4.79 Å². The highest BCUT2D eigenvalue weighted by molar-refractivity contribution is 5.92. The van der Waals surface area contributed by atoms with Crippen molar-refractivity contribution in [3.05, 3.63) is 24.3 Å². The van der Waals surface area contributed by atoms with Gasteiger partial charge in [0.15, 0.2) is 5.78 Å². The molecule has 0 saturated heterocycles. The van der Waals surface area contributed by atoms with Gasteiger partial charge in [-0.3, -0.25) is 4.79 Å². The van der Waals surface area contributed by atoms with E-state index in [1.54, 1.807) is 6.08 Å². The average molecular weight is 122 g/mol. The number of carbonyl (C=O) groups is 1. The van der Waals surface area contributed by atoms with Gasteiger partial charge in [0, 0.05) is 6.42 Å². The summed E-state index contributed by atoms with van der Waals surface area (Å²) in [4.78, 5) is 10.6. The molecule has 0 saturated carbocycles. The summed E-state index contributed by atoms with van der Waals surface area (Å²) >= 11 is 0. The topological polar surface area (TPSA) is 17.1 Å². The summed E-state index contributed by atoms with van der Waals surface area (Å²) in [6.07, 6.45) is 6.12. The first-order valence-electron chi connectivity index (χ1n) is 3.16. The van der Waals surface area contributed by atoms with Gasteiger partial charge in [-0.15, -0.1) is 6.58 Å². The molecule has 48 valence electrons. The maximum Gasteiger partial charge on any atom is 0.155 e. The smallest absolute Gasteiger partial charge is 0.155 e. The van der Waals surface area contributed by atoms with Crippen molar-refractivity contribution in [3.63, 3.8) is 0 Å².